The fourth-order valence-electron chi connectivity index (χ4n) is 2.81. The number of carbonyl (C=O) groups excluding carboxylic acids is 1. The van der Waals surface area contributed by atoms with Crippen molar-refractivity contribution in [2.45, 2.75) is 18.7 Å². The maximum absolute atomic E-state index is 12.7. The molecule has 0 saturated carbocycles. The predicted molar refractivity (Wildman–Crippen MR) is 108 cm³/mol. The highest BCUT2D eigenvalue weighted by Gasteiger charge is 2.19. The number of phenolic OH excluding ortho intramolecular Hbond substituents is 1. The standard InChI is InChI=1S/C20H23N3O4S/c1-14-6-7-19(24)18(12-14)15(2)21-22-20(25)16-4-3-5-17(13-16)28(26)23-8-10-27-11-9-23/h3-7,12-13,24H,8-11H2,1-2H3,(H,22,25)/b21-15+. The highest BCUT2D eigenvalue weighted by atomic mass is 32.2. The van der Waals surface area contributed by atoms with Crippen LogP contribution in [0.25, 0.3) is 0 Å². The Hall–Kier alpha value is -2.55. The number of benzene rings is 2. The van der Waals surface area contributed by atoms with Gasteiger partial charge in [0.2, 0.25) is 0 Å². The summed E-state index contributed by atoms with van der Waals surface area (Å²) in [5, 5.41) is 14.1. The number of morpholine rings is 1. The Labute approximate surface area is 166 Å². The molecule has 1 unspecified atom stereocenters. The van der Waals surface area contributed by atoms with Crippen molar-refractivity contribution < 1.29 is 18.8 Å². The molecule has 1 heterocycles. The van der Waals surface area contributed by atoms with E-state index in [9.17, 15) is 14.1 Å². The summed E-state index contributed by atoms with van der Waals surface area (Å²) >= 11 is 0. The molecule has 1 fully saturated rings. The molecule has 3 rings (SSSR count). The molecule has 0 aliphatic carbocycles. The topological polar surface area (TPSA) is 91.2 Å². The molecular weight excluding hydrogens is 378 g/mol. The third-order valence-electron chi connectivity index (χ3n) is 4.37. The fourth-order valence-corrected chi connectivity index (χ4v) is 4.01. The van der Waals surface area contributed by atoms with E-state index in [0.717, 1.165) is 5.56 Å². The zero-order valence-corrected chi connectivity index (χ0v) is 16.7. The minimum absolute atomic E-state index is 0.101. The van der Waals surface area contributed by atoms with Crippen LogP contribution in [0.5, 0.6) is 5.75 Å². The van der Waals surface area contributed by atoms with Gasteiger partial charge in [0.25, 0.3) is 5.91 Å². The van der Waals surface area contributed by atoms with Crippen LogP contribution >= 0.6 is 0 Å². The Morgan fingerprint density at radius 3 is 2.71 bits per heavy atom. The van der Waals surface area contributed by atoms with E-state index in [2.05, 4.69) is 10.5 Å². The summed E-state index contributed by atoms with van der Waals surface area (Å²) in [7, 11) is -1.34. The largest absolute Gasteiger partial charge is 0.507 e. The molecule has 7 nitrogen and oxygen atoms in total. The lowest BCUT2D eigenvalue weighted by Gasteiger charge is -2.25. The van der Waals surface area contributed by atoms with Crippen molar-refractivity contribution >= 4 is 22.6 Å². The van der Waals surface area contributed by atoms with Gasteiger partial charge in [0, 0.05) is 24.2 Å². The van der Waals surface area contributed by atoms with Gasteiger partial charge < -0.3 is 9.84 Å². The van der Waals surface area contributed by atoms with Crippen molar-refractivity contribution in [2.75, 3.05) is 26.3 Å². The summed E-state index contributed by atoms with van der Waals surface area (Å²) < 4.78 is 19.8. The number of hydrazone groups is 1. The second-order valence-corrected chi connectivity index (χ2v) is 7.96. The maximum Gasteiger partial charge on any atom is 0.271 e. The highest BCUT2D eigenvalue weighted by Crippen LogP contribution is 2.19. The molecule has 0 radical (unpaired) electrons. The number of aromatic hydroxyl groups is 1. The first kappa shape index (κ1) is 20.2. The number of nitrogens with zero attached hydrogens (tertiary/aromatic N) is 2. The second kappa shape index (κ2) is 9.09. The third kappa shape index (κ3) is 4.83. The van der Waals surface area contributed by atoms with Crippen LogP contribution in [0.15, 0.2) is 52.5 Å². The summed E-state index contributed by atoms with van der Waals surface area (Å²) in [6.45, 7) is 5.89. The van der Waals surface area contributed by atoms with E-state index < -0.39 is 16.9 Å². The lowest BCUT2D eigenvalue weighted by Crippen LogP contribution is -2.37. The van der Waals surface area contributed by atoms with Crippen molar-refractivity contribution in [3.8, 4) is 5.75 Å². The van der Waals surface area contributed by atoms with Gasteiger partial charge in [-0.2, -0.15) is 5.10 Å². The van der Waals surface area contributed by atoms with Gasteiger partial charge in [0.1, 0.15) is 16.7 Å². The molecule has 1 amide bonds. The lowest BCUT2D eigenvalue weighted by molar-refractivity contribution is 0.0752. The van der Waals surface area contributed by atoms with E-state index in [-0.39, 0.29) is 5.75 Å². The van der Waals surface area contributed by atoms with Gasteiger partial charge in [-0.3, -0.25) is 4.79 Å². The molecule has 8 heteroatoms. The molecule has 2 aromatic carbocycles. The van der Waals surface area contributed by atoms with Crippen LogP contribution in [0, 0.1) is 6.92 Å². The Bertz CT molecular complexity index is 923. The van der Waals surface area contributed by atoms with Gasteiger partial charge >= 0.3 is 0 Å². The van der Waals surface area contributed by atoms with Crippen LogP contribution in [-0.2, 0) is 15.7 Å². The molecule has 28 heavy (non-hydrogen) atoms. The van der Waals surface area contributed by atoms with Crippen LogP contribution in [0.4, 0.5) is 0 Å². The minimum Gasteiger partial charge on any atom is -0.507 e. The Morgan fingerprint density at radius 2 is 1.96 bits per heavy atom. The van der Waals surface area contributed by atoms with Crippen molar-refractivity contribution in [2.24, 2.45) is 5.10 Å². The zero-order valence-electron chi connectivity index (χ0n) is 15.8. The Morgan fingerprint density at radius 1 is 1.21 bits per heavy atom. The Balaban J connectivity index is 1.72. The smallest absolute Gasteiger partial charge is 0.271 e. The number of ether oxygens (including phenoxy) is 1. The van der Waals surface area contributed by atoms with E-state index >= 15 is 0 Å². The number of hydrogen-bond donors (Lipinski definition) is 2. The zero-order chi connectivity index (χ0) is 20.1. The van der Waals surface area contributed by atoms with Crippen molar-refractivity contribution in [1.82, 2.24) is 9.73 Å². The quantitative estimate of drug-likeness (QED) is 0.594. The minimum atomic E-state index is -1.34. The Kier molecular flexibility index (Phi) is 6.56. The number of nitrogens with one attached hydrogen (secondary N) is 1. The first-order chi connectivity index (χ1) is 13.5. The van der Waals surface area contributed by atoms with Crippen LogP contribution in [0.2, 0.25) is 0 Å². The summed E-state index contributed by atoms with van der Waals surface area (Å²) in [4.78, 5) is 13.0. The van der Waals surface area contributed by atoms with Gasteiger partial charge in [-0.1, -0.05) is 17.7 Å². The van der Waals surface area contributed by atoms with Crippen LogP contribution in [0.1, 0.15) is 28.4 Å². The maximum atomic E-state index is 12.7. The number of phenols is 1. The van der Waals surface area contributed by atoms with Gasteiger partial charge in [0.05, 0.1) is 23.8 Å². The average Bonchev–Trinajstić information content (AvgIpc) is 2.73. The van der Waals surface area contributed by atoms with Gasteiger partial charge in [-0.15, -0.1) is 0 Å². The number of aryl methyl sites for hydroxylation is 1. The number of hydrogen-bond acceptors (Lipinski definition) is 5. The molecule has 2 aromatic rings. The summed E-state index contributed by atoms with van der Waals surface area (Å²) in [6, 6.07) is 11.9. The first-order valence-corrected chi connectivity index (χ1v) is 10.1. The van der Waals surface area contributed by atoms with Crippen molar-refractivity contribution in [3.63, 3.8) is 0 Å². The van der Waals surface area contributed by atoms with Gasteiger partial charge in [-0.25, -0.2) is 13.9 Å². The molecule has 0 bridgehead atoms. The molecule has 1 atom stereocenters. The summed E-state index contributed by atoms with van der Waals surface area (Å²) in [5.74, 6) is -0.309. The van der Waals surface area contributed by atoms with E-state index in [1.807, 2.05) is 11.2 Å². The van der Waals surface area contributed by atoms with Crippen LogP contribution in [0.3, 0.4) is 0 Å². The fraction of sp³-hybridized carbons (Fsp3) is 0.300. The van der Waals surface area contributed by atoms with E-state index in [0.29, 0.717) is 48.0 Å². The van der Waals surface area contributed by atoms with Crippen LogP contribution in [-0.4, -0.2) is 51.5 Å². The van der Waals surface area contributed by atoms with Crippen molar-refractivity contribution in [1.29, 1.82) is 0 Å². The van der Waals surface area contributed by atoms with E-state index in [4.69, 9.17) is 4.74 Å². The SMILES string of the molecule is C/C(=N\NC(=O)c1cccc(S(=O)N2CCOCC2)c1)c1cc(C)ccc1O. The highest BCUT2D eigenvalue weighted by molar-refractivity contribution is 7.82. The normalized spacial score (nSPS) is 16.6. The predicted octanol–water partition coefficient (Wildman–Crippen LogP) is 2.21. The molecule has 0 aromatic heterocycles. The molecule has 1 aliphatic heterocycles. The van der Waals surface area contributed by atoms with Crippen LogP contribution < -0.4 is 5.43 Å². The third-order valence-corrected chi connectivity index (χ3v) is 5.86. The van der Waals surface area contributed by atoms with Gasteiger partial charge in [-0.05, 0) is 44.2 Å². The van der Waals surface area contributed by atoms with E-state index in [1.165, 1.54) is 0 Å². The molecular formula is C20H23N3O4S. The van der Waals surface area contributed by atoms with E-state index in [1.54, 1.807) is 49.4 Å². The van der Waals surface area contributed by atoms with Gasteiger partial charge in [0.15, 0.2) is 0 Å². The molecule has 1 saturated heterocycles. The molecule has 148 valence electrons. The number of carbonyl (C=O) groups is 1. The number of amides is 1. The average molecular weight is 401 g/mol. The molecule has 0 spiro atoms. The second-order valence-electron chi connectivity index (χ2n) is 6.48. The number of rotatable bonds is 5. The summed E-state index contributed by atoms with van der Waals surface area (Å²) in [5.41, 5.74) is 4.88. The first-order valence-electron chi connectivity index (χ1n) is 8.95. The molecule has 2 N–H and O–H groups in total. The monoisotopic (exact) mass is 401 g/mol. The molecule has 1 aliphatic rings. The lowest BCUT2D eigenvalue weighted by atomic mass is 10.1. The summed E-state index contributed by atoms with van der Waals surface area (Å²) in [6.07, 6.45) is 0. The van der Waals surface area contributed by atoms with Crippen molar-refractivity contribution in [3.05, 3.63) is 59.2 Å².